The summed E-state index contributed by atoms with van der Waals surface area (Å²) in [4.78, 5) is 0. The molecule has 0 saturated heterocycles. The minimum absolute atomic E-state index is 0.0926. The van der Waals surface area contributed by atoms with Crippen LogP contribution >= 0.6 is 0 Å². The van der Waals surface area contributed by atoms with Gasteiger partial charge >= 0.3 is 10.4 Å². The summed E-state index contributed by atoms with van der Waals surface area (Å²) in [6.07, 6.45) is 11.9. The van der Waals surface area contributed by atoms with Crippen LogP contribution in [0.3, 0.4) is 0 Å². The highest BCUT2D eigenvalue weighted by Crippen LogP contribution is 2.10. The van der Waals surface area contributed by atoms with Crippen molar-refractivity contribution in [1.29, 1.82) is 0 Å². The van der Waals surface area contributed by atoms with E-state index < -0.39 is 10.4 Å². The van der Waals surface area contributed by atoms with E-state index in [9.17, 15) is 8.42 Å². The van der Waals surface area contributed by atoms with Gasteiger partial charge in [0.25, 0.3) is 0 Å². The first-order valence-corrected chi connectivity index (χ1v) is 10.0. The molecule has 134 valence electrons. The molecule has 0 amide bonds. The van der Waals surface area contributed by atoms with Gasteiger partial charge in [-0.05, 0) is 6.42 Å². The molecular formula is C18H32O4S. The van der Waals surface area contributed by atoms with Crippen molar-refractivity contribution in [2.45, 2.75) is 71.1 Å². The Balaban J connectivity index is 0.000000664. The van der Waals surface area contributed by atoms with E-state index in [1.54, 1.807) is 0 Å². The number of benzene rings is 1. The summed E-state index contributed by atoms with van der Waals surface area (Å²) >= 11 is 0. The number of hydrogen-bond donors (Lipinski definition) is 1. The predicted molar refractivity (Wildman–Crippen MR) is 95.8 cm³/mol. The average molecular weight is 345 g/mol. The third kappa shape index (κ3) is 21.1. The van der Waals surface area contributed by atoms with E-state index in [1.165, 1.54) is 44.9 Å². The molecule has 0 aliphatic carbocycles. The van der Waals surface area contributed by atoms with Crippen molar-refractivity contribution in [2.24, 2.45) is 0 Å². The van der Waals surface area contributed by atoms with Crippen molar-refractivity contribution in [3.8, 4) is 0 Å². The largest absolute Gasteiger partial charge is 0.397 e. The van der Waals surface area contributed by atoms with Crippen LogP contribution in [0, 0.1) is 0 Å². The van der Waals surface area contributed by atoms with E-state index in [2.05, 4.69) is 11.1 Å². The minimum atomic E-state index is -4.23. The van der Waals surface area contributed by atoms with Gasteiger partial charge in [-0.1, -0.05) is 101 Å². The molecule has 0 spiro atoms. The van der Waals surface area contributed by atoms with Crippen LogP contribution in [0.1, 0.15) is 71.1 Å². The second-order valence-electron chi connectivity index (χ2n) is 5.59. The van der Waals surface area contributed by atoms with Crippen LogP contribution in [0.5, 0.6) is 0 Å². The Labute approximate surface area is 142 Å². The van der Waals surface area contributed by atoms with E-state index in [0.717, 1.165) is 12.8 Å². The molecule has 0 aliphatic rings. The smallest absolute Gasteiger partial charge is 0.264 e. The highest BCUT2D eigenvalue weighted by atomic mass is 32.3. The fraction of sp³-hybridized carbons (Fsp3) is 0.667. The maximum absolute atomic E-state index is 10.2. The summed E-state index contributed by atoms with van der Waals surface area (Å²) < 4.78 is 33.0. The molecule has 1 aromatic carbocycles. The van der Waals surface area contributed by atoms with E-state index in [4.69, 9.17) is 4.55 Å². The van der Waals surface area contributed by atoms with Gasteiger partial charge in [0.15, 0.2) is 0 Å². The van der Waals surface area contributed by atoms with Crippen LogP contribution in [-0.2, 0) is 14.6 Å². The number of rotatable bonds is 12. The van der Waals surface area contributed by atoms with Gasteiger partial charge in [0, 0.05) is 0 Å². The fourth-order valence-electron chi connectivity index (χ4n) is 2.14. The van der Waals surface area contributed by atoms with E-state index in [-0.39, 0.29) is 6.61 Å². The molecule has 0 atom stereocenters. The molecule has 0 saturated carbocycles. The Kier molecular flexibility index (Phi) is 15.3. The lowest BCUT2D eigenvalue weighted by Crippen LogP contribution is -2.04. The zero-order valence-corrected chi connectivity index (χ0v) is 15.1. The summed E-state index contributed by atoms with van der Waals surface area (Å²) in [5.74, 6) is 0. The van der Waals surface area contributed by atoms with Crippen LogP contribution in [0.25, 0.3) is 0 Å². The van der Waals surface area contributed by atoms with Crippen molar-refractivity contribution in [3.05, 3.63) is 36.4 Å². The van der Waals surface area contributed by atoms with Gasteiger partial charge in [0.1, 0.15) is 0 Å². The highest BCUT2D eigenvalue weighted by Gasteiger charge is 2.02. The van der Waals surface area contributed by atoms with Crippen molar-refractivity contribution in [3.63, 3.8) is 0 Å². The normalized spacial score (nSPS) is 10.9. The summed E-state index contributed by atoms with van der Waals surface area (Å²) in [7, 11) is -4.23. The van der Waals surface area contributed by atoms with Gasteiger partial charge in [-0.25, -0.2) is 4.18 Å². The molecule has 4 nitrogen and oxygen atoms in total. The van der Waals surface area contributed by atoms with Gasteiger partial charge in [0.2, 0.25) is 0 Å². The van der Waals surface area contributed by atoms with Crippen LogP contribution in [0.15, 0.2) is 36.4 Å². The second kappa shape index (κ2) is 16.0. The standard InChI is InChI=1S/C12H26O4S.C6H6/c1-2-3-4-5-6-7-8-9-10-11-12-16-17(13,14)15;1-2-4-6-5-3-1/h2-12H2,1H3,(H,13,14,15);1-6H. The molecule has 0 aromatic heterocycles. The minimum Gasteiger partial charge on any atom is -0.264 e. The van der Waals surface area contributed by atoms with Crippen molar-refractivity contribution in [1.82, 2.24) is 0 Å². The Morgan fingerprint density at radius 3 is 1.39 bits per heavy atom. The zero-order valence-electron chi connectivity index (χ0n) is 14.3. The van der Waals surface area contributed by atoms with Crippen molar-refractivity contribution >= 4 is 10.4 Å². The summed E-state index contributed by atoms with van der Waals surface area (Å²) in [5.41, 5.74) is 0. The molecule has 0 unspecified atom stereocenters. The van der Waals surface area contributed by atoms with Gasteiger partial charge in [-0.2, -0.15) is 8.42 Å². The highest BCUT2D eigenvalue weighted by molar-refractivity contribution is 7.80. The molecule has 1 N–H and O–H groups in total. The Morgan fingerprint density at radius 2 is 1.04 bits per heavy atom. The molecule has 23 heavy (non-hydrogen) atoms. The molecule has 5 heteroatoms. The quantitative estimate of drug-likeness (QED) is 0.406. The monoisotopic (exact) mass is 344 g/mol. The average Bonchev–Trinajstić information content (AvgIpc) is 2.54. The van der Waals surface area contributed by atoms with Crippen LogP contribution in [0.4, 0.5) is 0 Å². The Bertz CT molecular complexity index is 405. The SMILES string of the molecule is CCCCCCCCCCCCOS(=O)(=O)O.c1ccccc1. The van der Waals surface area contributed by atoms with Gasteiger partial charge in [-0.15, -0.1) is 0 Å². The first kappa shape index (κ1) is 22.1. The van der Waals surface area contributed by atoms with E-state index in [0.29, 0.717) is 6.42 Å². The number of hydrogen-bond acceptors (Lipinski definition) is 3. The van der Waals surface area contributed by atoms with Gasteiger partial charge in [-0.3, -0.25) is 4.55 Å². The summed E-state index contributed by atoms with van der Waals surface area (Å²) in [5, 5.41) is 0. The number of unbranched alkanes of at least 4 members (excludes halogenated alkanes) is 9. The fourth-order valence-corrected chi connectivity index (χ4v) is 2.47. The molecule has 0 heterocycles. The summed E-state index contributed by atoms with van der Waals surface area (Å²) in [6, 6.07) is 12.0. The molecule has 1 aromatic rings. The third-order valence-corrected chi connectivity index (χ3v) is 3.86. The zero-order chi connectivity index (χ0) is 17.2. The molecule has 1 rings (SSSR count). The predicted octanol–water partition coefficient (Wildman–Crippen LogP) is 5.41. The van der Waals surface area contributed by atoms with E-state index in [1.807, 2.05) is 36.4 Å². The van der Waals surface area contributed by atoms with E-state index >= 15 is 0 Å². The van der Waals surface area contributed by atoms with Gasteiger partial charge < -0.3 is 0 Å². The molecule has 0 bridgehead atoms. The van der Waals surface area contributed by atoms with Crippen LogP contribution < -0.4 is 0 Å². The first-order chi connectivity index (χ1) is 11.1. The lowest BCUT2D eigenvalue weighted by atomic mass is 10.1. The van der Waals surface area contributed by atoms with Gasteiger partial charge in [0.05, 0.1) is 6.61 Å². The topological polar surface area (TPSA) is 63.6 Å². The second-order valence-corrected chi connectivity index (χ2v) is 6.68. The van der Waals surface area contributed by atoms with Crippen molar-refractivity contribution in [2.75, 3.05) is 6.61 Å². The third-order valence-electron chi connectivity index (χ3n) is 3.40. The Morgan fingerprint density at radius 1 is 0.696 bits per heavy atom. The lowest BCUT2D eigenvalue weighted by molar-refractivity contribution is 0.261. The first-order valence-electron chi connectivity index (χ1n) is 8.68. The van der Waals surface area contributed by atoms with Crippen LogP contribution in [-0.4, -0.2) is 19.6 Å². The molecule has 0 aliphatic heterocycles. The molecule has 0 fully saturated rings. The maximum Gasteiger partial charge on any atom is 0.397 e. The molecular weight excluding hydrogens is 312 g/mol. The maximum atomic E-state index is 10.2. The Hall–Kier alpha value is -0.910. The van der Waals surface area contributed by atoms with Crippen LogP contribution in [0.2, 0.25) is 0 Å². The molecule has 0 radical (unpaired) electrons. The van der Waals surface area contributed by atoms with Crippen molar-refractivity contribution < 1.29 is 17.2 Å². The lowest BCUT2D eigenvalue weighted by Gasteiger charge is -2.02. The summed E-state index contributed by atoms with van der Waals surface area (Å²) in [6.45, 7) is 2.31.